The predicted molar refractivity (Wildman–Crippen MR) is 127 cm³/mol. The van der Waals surface area contributed by atoms with Crippen LogP contribution in [0, 0.1) is 5.21 Å². The summed E-state index contributed by atoms with van der Waals surface area (Å²) in [6, 6.07) is 25.1. The number of carbonyl (C=O) groups is 1. The van der Waals surface area contributed by atoms with Crippen molar-refractivity contribution in [3.8, 4) is 11.4 Å². The van der Waals surface area contributed by atoms with Crippen molar-refractivity contribution in [1.82, 2.24) is 19.6 Å². The molecule has 0 fully saturated rings. The largest absolute Gasteiger partial charge is 0.733 e. The van der Waals surface area contributed by atoms with Gasteiger partial charge in [0.1, 0.15) is 0 Å². The highest BCUT2D eigenvalue weighted by molar-refractivity contribution is 6.04. The number of amides is 1. The molecule has 0 bridgehead atoms. The third kappa shape index (κ3) is 4.33. The van der Waals surface area contributed by atoms with E-state index in [1.807, 2.05) is 60.7 Å². The summed E-state index contributed by atoms with van der Waals surface area (Å²) in [5.41, 5.74) is 3.46. The van der Waals surface area contributed by atoms with E-state index in [2.05, 4.69) is 15.4 Å². The minimum absolute atomic E-state index is 0.0605. The summed E-state index contributed by atoms with van der Waals surface area (Å²) in [6.07, 6.45) is 2.32. The van der Waals surface area contributed by atoms with E-state index < -0.39 is 5.91 Å². The lowest BCUT2D eigenvalue weighted by atomic mass is 10.1. The van der Waals surface area contributed by atoms with Gasteiger partial charge in [0.2, 0.25) is 5.95 Å². The first kappa shape index (κ1) is 21.3. The van der Waals surface area contributed by atoms with Crippen LogP contribution in [0.15, 0.2) is 91.1 Å². The lowest BCUT2D eigenvalue weighted by Gasteiger charge is -2.21. The zero-order valence-corrected chi connectivity index (χ0v) is 17.9. The normalized spacial score (nSPS) is 10.9. The zero-order chi connectivity index (χ0) is 23.5. The van der Waals surface area contributed by atoms with Gasteiger partial charge in [0.15, 0.2) is 11.5 Å². The molecule has 0 aliphatic rings. The van der Waals surface area contributed by atoms with E-state index in [0.717, 1.165) is 16.7 Å². The van der Waals surface area contributed by atoms with Crippen LogP contribution in [0.5, 0.6) is 0 Å². The Morgan fingerprint density at radius 1 is 0.971 bits per heavy atom. The van der Waals surface area contributed by atoms with Crippen molar-refractivity contribution in [2.24, 2.45) is 0 Å². The monoisotopic (exact) mass is 451 g/mol. The third-order valence-corrected chi connectivity index (χ3v) is 5.27. The Morgan fingerprint density at radius 3 is 2.44 bits per heavy atom. The molecule has 0 saturated carbocycles. The average Bonchev–Trinajstić information content (AvgIpc) is 3.28. The van der Waals surface area contributed by atoms with Gasteiger partial charge in [-0.1, -0.05) is 66.7 Å². The fourth-order valence-corrected chi connectivity index (χ4v) is 3.60. The molecule has 34 heavy (non-hydrogen) atoms. The first-order chi connectivity index (χ1) is 16.6. The number of hydrogen-bond donors (Lipinski definition) is 2. The van der Waals surface area contributed by atoms with Crippen molar-refractivity contribution in [2.45, 2.75) is 6.42 Å². The van der Waals surface area contributed by atoms with Crippen LogP contribution in [0.2, 0.25) is 0 Å². The Bertz CT molecular complexity index is 1450. The van der Waals surface area contributed by atoms with Crippen LogP contribution in [-0.4, -0.2) is 30.7 Å². The number of benzene rings is 3. The molecular weight excluding hydrogens is 432 g/mol. The standard InChI is InChI=1S/C25H19N6O3/c32-24(19-12-7-13-21(15-19)31(33)34)29-25-28-22(18-10-5-2-6-11-18)27-23-20(16-26-30(23)25)14-17-8-3-1-4-9-17/h1-13,15-16,33H,14H2,(H,27,28,29,32)/q-1. The van der Waals surface area contributed by atoms with Crippen molar-refractivity contribution in [2.75, 3.05) is 10.5 Å². The van der Waals surface area contributed by atoms with Crippen LogP contribution in [0.1, 0.15) is 21.5 Å². The Hall–Kier alpha value is -4.60. The van der Waals surface area contributed by atoms with Crippen molar-refractivity contribution < 1.29 is 10.0 Å². The van der Waals surface area contributed by atoms with Gasteiger partial charge in [-0.15, -0.1) is 0 Å². The minimum Gasteiger partial charge on any atom is -0.733 e. The molecule has 9 heteroatoms. The van der Waals surface area contributed by atoms with E-state index >= 15 is 0 Å². The molecule has 0 atom stereocenters. The van der Waals surface area contributed by atoms with E-state index in [0.29, 0.717) is 17.9 Å². The smallest absolute Gasteiger partial charge is 0.258 e. The van der Waals surface area contributed by atoms with Crippen molar-refractivity contribution in [3.05, 3.63) is 113 Å². The molecule has 168 valence electrons. The predicted octanol–water partition coefficient (Wildman–Crippen LogP) is 4.33. The fourth-order valence-electron chi connectivity index (χ4n) is 3.60. The molecule has 2 N–H and O–H groups in total. The van der Waals surface area contributed by atoms with Gasteiger partial charge in [0.25, 0.3) is 5.91 Å². The van der Waals surface area contributed by atoms with Gasteiger partial charge >= 0.3 is 0 Å². The van der Waals surface area contributed by atoms with Gasteiger partial charge in [0, 0.05) is 23.1 Å². The minimum atomic E-state index is -0.511. The zero-order valence-electron chi connectivity index (χ0n) is 17.9. The first-order valence-electron chi connectivity index (χ1n) is 10.5. The number of fused-ring (bicyclic) bond motifs is 1. The number of nitrogens with one attached hydrogen (secondary N) is 1. The number of aromatic nitrogens is 4. The van der Waals surface area contributed by atoms with Gasteiger partial charge in [-0.3, -0.25) is 15.3 Å². The maximum atomic E-state index is 13.0. The molecular formula is C25H19N6O3-. The summed E-state index contributed by atoms with van der Waals surface area (Å²) in [6.45, 7) is 0. The topological polar surface area (TPSA) is 119 Å². The Morgan fingerprint density at radius 2 is 1.71 bits per heavy atom. The number of carbonyl (C=O) groups excluding carboxylic acids is 1. The highest BCUT2D eigenvalue weighted by Gasteiger charge is 2.17. The lowest BCUT2D eigenvalue weighted by molar-refractivity contribution is 0.102. The second-order valence-corrected chi connectivity index (χ2v) is 7.58. The van der Waals surface area contributed by atoms with E-state index in [-0.39, 0.29) is 22.4 Å². The maximum Gasteiger partial charge on any atom is 0.258 e. The van der Waals surface area contributed by atoms with E-state index in [9.17, 15) is 10.0 Å². The van der Waals surface area contributed by atoms with Crippen LogP contribution in [-0.2, 0) is 6.42 Å². The Balaban J connectivity index is 1.57. The number of hydrogen-bond acceptors (Lipinski definition) is 7. The van der Waals surface area contributed by atoms with Crippen LogP contribution in [0.25, 0.3) is 17.0 Å². The molecule has 0 saturated heterocycles. The summed E-state index contributed by atoms with van der Waals surface area (Å²) < 4.78 is 1.48. The molecule has 9 nitrogen and oxygen atoms in total. The molecule has 0 aliphatic carbocycles. The highest BCUT2D eigenvalue weighted by atomic mass is 16.8. The highest BCUT2D eigenvalue weighted by Crippen LogP contribution is 2.23. The second-order valence-electron chi connectivity index (χ2n) is 7.58. The number of rotatable bonds is 6. The maximum absolute atomic E-state index is 13.0. The number of nitrogens with zero attached hydrogens (tertiary/aromatic N) is 5. The molecule has 0 unspecified atom stereocenters. The summed E-state index contributed by atoms with van der Waals surface area (Å²) >= 11 is 0. The van der Waals surface area contributed by atoms with Crippen LogP contribution < -0.4 is 10.5 Å². The van der Waals surface area contributed by atoms with E-state index in [1.165, 1.54) is 28.8 Å². The van der Waals surface area contributed by atoms with Gasteiger partial charge in [-0.2, -0.15) is 14.6 Å². The van der Waals surface area contributed by atoms with Gasteiger partial charge in [-0.25, -0.2) is 4.98 Å². The van der Waals surface area contributed by atoms with Crippen molar-refractivity contribution in [3.63, 3.8) is 0 Å². The number of anilines is 2. The van der Waals surface area contributed by atoms with Gasteiger partial charge in [-0.05, 0) is 23.8 Å². The molecule has 0 aliphatic heterocycles. The Kier molecular flexibility index (Phi) is 5.69. The lowest BCUT2D eigenvalue weighted by Crippen LogP contribution is -2.18. The van der Waals surface area contributed by atoms with Gasteiger partial charge in [0.05, 0.1) is 11.9 Å². The van der Waals surface area contributed by atoms with Crippen LogP contribution >= 0.6 is 0 Å². The third-order valence-electron chi connectivity index (χ3n) is 5.27. The van der Waals surface area contributed by atoms with E-state index in [4.69, 9.17) is 10.2 Å². The first-order valence-corrected chi connectivity index (χ1v) is 10.5. The molecule has 2 aromatic heterocycles. The van der Waals surface area contributed by atoms with Crippen LogP contribution in [0.3, 0.4) is 0 Å². The van der Waals surface area contributed by atoms with Gasteiger partial charge < -0.3 is 10.4 Å². The molecule has 3 aromatic carbocycles. The molecule has 1 amide bonds. The summed E-state index contributed by atoms with van der Waals surface area (Å²) in [7, 11) is 0. The molecule has 2 heterocycles. The summed E-state index contributed by atoms with van der Waals surface area (Å²) in [5, 5.41) is 27.3. The fraction of sp³-hybridized carbons (Fsp3) is 0.0400. The quantitative estimate of drug-likeness (QED) is 0.369. The van der Waals surface area contributed by atoms with E-state index in [1.54, 1.807) is 6.20 Å². The molecule has 5 rings (SSSR count). The van der Waals surface area contributed by atoms with Crippen molar-refractivity contribution in [1.29, 1.82) is 0 Å². The average molecular weight is 451 g/mol. The Labute approximate surface area is 194 Å². The summed E-state index contributed by atoms with van der Waals surface area (Å²) in [4.78, 5) is 22.3. The molecule has 5 aromatic rings. The second kappa shape index (κ2) is 9.10. The SMILES string of the molecule is O=C(Nc1nc(-c2ccccc2)nc2c(Cc3ccccc3)cnn12)c1cccc(N([O-])O)c1. The molecule has 0 spiro atoms. The molecule has 0 radical (unpaired) electrons. The van der Waals surface area contributed by atoms with Crippen molar-refractivity contribution >= 4 is 23.2 Å². The summed E-state index contributed by atoms with van der Waals surface area (Å²) in [5.74, 6) is 0.109. The van der Waals surface area contributed by atoms with Crippen LogP contribution in [0.4, 0.5) is 11.6 Å².